The monoisotopic (exact) mass is 245 g/mol. The van der Waals surface area contributed by atoms with E-state index in [2.05, 4.69) is 5.32 Å². The third-order valence-corrected chi connectivity index (χ3v) is 2.68. The number of nitrogens with one attached hydrogen (secondary N) is 1. The zero-order chi connectivity index (χ0) is 11.3. The Morgan fingerprint density at radius 1 is 1.60 bits per heavy atom. The molecule has 0 aliphatic heterocycles. The van der Waals surface area contributed by atoms with Gasteiger partial charge in [-0.3, -0.25) is 0 Å². The SMILES string of the molecule is CSCCNc1ccc(Cl)cc1C(=O)O. The first-order valence-electron chi connectivity index (χ1n) is 4.41. The fourth-order valence-corrected chi connectivity index (χ4v) is 1.61. The predicted molar refractivity (Wildman–Crippen MR) is 65.3 cm³/mol. The summed E-state index contributed by atoms with van der Waals surface area (Å²) < 4.78 is 0. The smallest absolute Gasteiger partial charge is 0.337 e. The van der Waals surface area contributed by atoms with Gasteiger partial charge in [-0.25, -0.2) is 4.79 Å². The van der Waals surface area contributed by atoms with Gasteiger partial charge < -0.3 is 10.4 Å². The van der Waals surface area contributed by atoms with Crippen LogP contribution in [0.5, 0.6) is 0 Å². The molecule has 1 rings (SSSR count). The third kappa shape index (κ3) is 3.64. The Bertz CT molecular complexity index is 357. The quantitative estimate of drug-likeness (QED) is 0.784. The number of hydrogen-bond acceptors (Lipinski definition) is 3. The van der Waals surface area contributed by atoms with Crippen molar-refractivity contribution in [1.29, 1.82) is 0 Å². The van der Waals surface area contributed by atoms with Crippen molar-refractivity contribution in [3.8, 4) is 0 Å². The van der Waals surface area contributed by atoms with Gasteiger partial charge in [-0.15, -0.1) is 0 Å². The summed E-state index contributed by atoms with van der Waals surface area (Å²) in [5, 5.41) is 12.4. The molecule has 0 aliphatic carbocycles. The van der Waals surface area contributed by atoms with Crippen LogP contribution in [0.2, 0.25) is 5.02 Å². The Labute approximate surface area is 97.8 Å². The maximum atomic E-state index is 10.9. The lowest BCUT2D eigenvalue weighted by Gasteiger charge is -2.08. The minimum absolute atomic E-state index is 0.212. The molecule has 0 bridgehead atoms. The summed E-state index contributed by atoms with van der Waals surface area (Å²) in [6.07, 6.45) is 2.00. The van der Waals surface area contributed by atoms with Crippen molar-refractivity contribution < 1.29 is 9.90 Å². The fourth-order valence-electron chi connectivity index (χ4n) is 1.14. The summed E-state index contributed by atoms with van der Waals surface area (Å²) >= 11 is 7.43. The number of aromatic carboxylic acids is 1. The molecule has 0 amide bonds. The van der Waals surface area contributed by atoms with Crippen LogP contribution in [-0.2, 0) is 0 Å². The molecule has 1 aromatic carbocycles. The van der Waals surface area contributed by atoms with Crippen molar-refractivity contribution in [1.82, 2.24) is 0 Å². The highest BCUT2D eigenvalue weighted by molar-refractivity contribution is 7.98. The first kappa shape index (κ1) is 12.2. The molecule has 5 heteroatoms. The normalized spacial score (nSPS) is 10.0. The van der Waals surface area contributed by atoms with Crippen molar-refractivity contribution >= 4 is 35.0 Å². The molecular formula is C10H12ClNO2S. The average molecular weight is 246 g/mol. The highest BCUT2D eigenvalue weighted by Crippen LogP contribution is 2.20. The largest absolute Gasteiger partial charge is 0.478 e. The van der Waals surface area contributed by atoms with E-state index < -0.39 is 5.97 Å². The van der Waals surface area contributed by atoms with Gasteiger partial charge in [0.2, 0.25) is 0 Å². The van der Waals surface area contributed by atoms with Crippen LogP contribution in [0.4, 0.5) is 5.69 Å². The lowest BCUT2D eigenvalue weighted by molar-refractivity contribution is 0.0698. The lowest BCUT2D eigenvalue weighted by atomic mass is 10.2. The lowest BCUT2D eigenvalue weighted by Crippen LogP contribution is -2.08. The van der Waals surface area contributed by atoms with Crippen molar-refractivity contribution in [3.05, 3.63) is 28.8 Å². The molecule has 0 radical (unpaired) electrons. The van der Waals surface area contributed by atoms with Gasteiger partial charge in [0.1, 0.15) is 0 Å². The number of thioether (sulfide) groups is 1. The van der Waals surface area contributed by atoms with Crippen molar-refractivity contribution in [3.63, 3.8) is 0 Å². The third-order valence-electron chi connectivity index (χ3n) is 1.83. The molecule has 2 N–H and O–H groups in total. The number of carbonyl (C=O) groups is 1. The summed E-state index contributed by atoms with van der Waals surface area (Å²) in [4.78, 5) is 10.9. The van der Waals surface area contributed by atoms with E-state index in [-0.39, 0.29) is 5.56 Å². The molecule has 0 aliphatic rings. The van der Waals surface area contributed by atoms with E-state index in [0.29, 0.717) is 10.7 Å². The second kappa shape index (κ2) is 5.88. The van der Waals surface area contributed by atoms with Crippen LogP contribution in [0.1, 0.15) is 10.4 Å². The van der Waals surface area contributed by atoms with Crippen molar-refractivity contribution in [2.75, 3.05) is 23.9 Å². The van der Waals surface area contributed by atoms with Gasteiger partial charge in [0.25, 0.3) is 0 Å². The molecule has 0 fully saturated rings. The van der Waals surface area contributed by atoms with Crippen LogP contribution in [0.15, 0.2) is 18.2 Å². The Hall–Kier alpha value is -0.870. The molecule has 0 aromatic heterocycles. The molecule has 82 valence electrons. The van der Waals surface area contributed by atoms with E-state index in [0.717, 1.165) is 12.3 Å². The van der Waals surface area contributed by atoms with E-state index in [1.54, 1.807) is 23.9 Å². The standard InChI is InChI=1S/C10H12ClNO2S/c1-15-5-4-12-9-3-2-7(11)6-8(9)10(13)14/h2-3,6,12H,4-5H2,1H3,(H,13,14). The fraction of sp³-hybridized carbons (Fsp3) is 0.300. The minimum atomic E-state index is -0.968. The highest BCUT2D eigenvalue weighted by atomic mass is 35.5. The molecule has 0 atom stereocenters. The van der Waals surface area contributed by atoms with Gasteiger partial charge in [-0.1, -0.05) is 11.6 Å². The summed E-state index contributed by atoms with van der Waals surface area (Å²) in [5.74, 6) is -0.0362. The summed E-state index contributed by atoms with van der Waals surface area (Å²) in [6, 6.07) is 4.81. The van der Waals surface area contributed by atoms with Gasteiger partial charge >= 0.3 is 5.97 Å². The Morgan fingerprint density at radius 3 is 2.93 bits per heavy atom. The van der Waals surface area contributed by atoms with Crippen molar-refractivity contribution in [2.24, 2.45) is 0 Å². The van der Waals surface area contributed by atoms with Crippen LogP contribution < -0.4 is 5.32 Å². The van der Waals surface area contributed by atoms with Crippen molar-refractivity contribution in [2.45, 2.75) is 0 Å². The molecule has 0 heterocycles. The average Bonchev–Trinajstić information content (AvgIpc) is 2.20. The summed E-state index contributed by atoms with van der Waals surface area (Å²) in [5.41, 5.74) is 0.824. The zero-order valence-corrected chi connectivity index (χ0v) is 9.86. The van der Waals surface area contributed by atoms with E-state index in [1.807, 2.05) is 6.26 Å². The molecule has 1 aromatic rings. The van der Waals surface area contributed by atoms with Crippen LogP contribution >= 0.6 is 23.4 Å². The molecule has 0 saturated carbocycles. The molecule has 3 nitrogen and oxygen atoms in total. The number of carboxylic acids is 1. The second-order valence-corrected chi connectivity index (χ2v) is 4.34. The van der Waals surface area contributed by atoms with Gasteiger partial charge in [0.05, 0.1) is 5.56 Å². The summed E-state index contributed by atoms with van der Waals surface area (Å²) in [7, 11) is 0. The number of carboxylic acid groups (broad SMARTS) is 1. The van der Waals surface area contributed by atoms with Crippen LogP contribution in [0.3, 0.4) is 0 Å². The molecule has 0 unspecified atom stereocenters. The van der Waals surface area contributed by atoms with Crippen LogP contribution in [-0.4, -0.2) is 29.6 Å². The first-order chi connectivity index (χ1) is 7.15. The maximum Gasteiger partial charge on any atom is 0.337 e. The number of rotatable bonds is 5. The molecule has 0 saturated heterocycles. The predicted octanol–water partition coefficient (Wildman–Crippen LogP) is 2.81. The first-order valence-corrected chi connectivity index (χ1v) is 6.18. The van der Waals surface area contributed by atoms with Gasteiger partial charge in [0, 0.05) is 23.0 Å². The Morgan fingerprint density at radius 2 is 2.33 bits per heavy atom. The van der Waals surface area contributed by atoms with Crippen LogP contribution in [0, 0.1) is 0 Å². The van der Waals surface area contributed by atoms with Gasteiger partial charge in [-0.05, 0) is 24.5 Å². The highest BCUT2D eigenvalue weighted by Gasteiger charge is 2.09. The zero-order valence-electron chi connectivity index (χ0n) is 8.29. The molecule has 0 spiro atoms. The summed E-state index contributed by atoms with van der Waals surface area (Å²) in [6.45, 7) is 0.739. The Balaban J connectivity index is 2.81. The maximum absolute atomic E-state index is 10.9. The number of halogens is 1. The van der Waals surface area contributed by atoms with Gasteiger partial charge in [0.15, 0.2) is 0 Å². The topological polar surface area (TPSA) is 49.3 Å². The number of anilines is 1. The molecule has 15 heavy (non-hydrogen) atoms. The van der Waals surface area contributed by atoms with E-state index in [1.165, 1.54) is 6.07 Å². The van der Waals surface area contributed by atoms with E-state index in [9.17, 15) is 4.79 Å². The van der Waals surface area contributed by atoms with Gasteiger partial charge in [-0.2, -0.15) is 11.8 Å². The number of hydrogen-bond donors (Lipinski definition) is 2. The van der Waals surface area contributed by atoms with E-state index in [4.69, 9.17) is 16.7 Å². The number of benzene rings is 1. The molecular weight excluding hydrogens is 234 g/mol. The van der Waals surface area contributed by atoms with Crippen LogP contribution in [0.25, 0.3) is 0 Å². The minimum Gasteiger partial charge on any atom is -0.478 e. The Kier molecular flexibility index (Phi) is 4.78. The second-order valence-electron chi connectivity index (χ2n) is 2.91. The van der Waals surface area contributed by atoms with E-state index >= 15 is 0 Å².